The van der Waals surface area contributed by atoms with E-state index < -0.39 is 25.8 Å². The maximum atomic E-state index is 12.6. The maximum Gasteiger partial charge on any atom is 0.309 e. The first kappa shape index (κ1) is 19.5. The third kappa shape index (κ3) is 4.35. The number of carboxylic acid groups (broad SMARTS) is 1. The molecule has 0 unspecified atom stereocenters. The molecule has 0 amide bonds. The molecular weight excluding hydrogens is 432 g/mol. The molecule has 8 nitrogen and oxygen atoms in total. The topological polar surface area (TPSA) is 130 Å². The fourth-order valence-corrected chi connectivity index (χ4v) is 7.22. The molecule has 12 heteroatoms. The van der Waals surface area contributed by atoms with Crippen LogP contribution in [0.3, 0.4) is 0 Å². The number of nitrogens with one attached hydrogen (secondary N) is 1. The monoisotopic (exact) mass is 444 g/mol. The molecule has 0 radical (unpaired) electrons. The van der Waals surface area contributed by atoms with Crippen LogP contribution in [-0.4, -0.2) is 32.9 Å². The van der Waals surface area contributed by atoms with Crippen molar-refractivity contribution in [1.82, 2.24) is 4.98 Å². The first-order chi connectivity index (χ1) is 12.7. The Kier molecular flexibility index (Phi) is 5.33. The summed E-state index contributed by atoms with van der Waals surface area (Å²) in [6.45, 7) is 0. The van der Waals surface area contributed by atoms with Gasteiger partial charge in [-0.15, -0.1) is 22.7 Å². The van der Waals surface area contributed by atoms with E-state index in [1.807, 2.05) is 0 Å². The van der Waals surface area contributed by atoms with E-state index in [2.05, 4.69) is 9.71 Å². The molecule has 3 aromatic rings. The Hall–Kier alpha value is -2.28. The number of thiazole rings is 1. The molecule has 0 aliphatic carbocycles. The summed E-state index contributed by atoms with van der Waals surface area (Å²) < 4.78 is 52.0. The zero-order chi connectivity index (χ0) is 19.7. The van der Waals surface area contributed by atoms with Gasteiger partial charge in [-0.1, -0.05) is 18.2 Å². The van der Waals surface area contributed by atoms with Crippen LogP contribution in [0.1, 0.15) is 5.69 Å². The average molecular weight is 445 g/mol. The van der Waals surface area contributed by atoms with E-state index in [1.165, 1.54) is 29.6 Å². The van der Waals surface area contributed by atoms with Crippen molar-refractivity contribution in [2.24, 2.45) is 0 Å². The lowest BCUT2D eigenvalue weighted by molar-refractivity contribution is -0.136. The van der Waals surface area contributed by atoms with Gasteiger partial charge in [-0.25, -0.2) is 21.8 Å². The summed E-state index contributed by atoms with van der Waals surface area (Å²) in [4.78, 5) is 14.6. The summed E-state index contributed by atoms with van der Waals surface area (Å²) in [6, 6.07) is 10.1. The van der Waals surface area contributed by atoms with Crippen LogP contribution in [0.2, 0.25) is 0 Å². The summed E-state index contributed by atoms with van der Waals surface area (Å²) in [6.07, 6.45) is -0.323. The van der Waals surface area contributed by atoms with Crippen LogP contribution >= 0.6 is 22.7 Å². The van der Waals surface area contributed by atoms with E-state index in [9.17, 15) is 21.6 Å². The highest BCUT2D eigenvalue weighted by atomic mass is 32.3. The second-order valence-corrected chi connectivity index (χ2v) is 11.2. The van der Waals surface area contributed by atoms with Crippen molar-refractivity contribution in [1.29, 1.82) is 0 Å². The average Bonchev–Trinajstić information content (AvgIpc) is 3.25. The zero-order valence-corrected chi connectivity index (χ0v) is 16.7. The molecule has 0 aliphatic rings. The van der Waals surface area contributed by atoms with Gasteiger partial charge in [0.15, 0.2) is 5.13 Å². The smallest absolute Gasteiger partial charge is 0.309 e. The highest BCUT2D eigenvalue weighted by Crippen LogP contribution is 2.31. The molecule has 0 aliphatic heterocycles. The number of carbonyl (C=O) groups is 1. The number of carboxylic acids is 1. The quantitative estimate of drug-likeness (QED) is 0.572. The number of hydrogen-bond donors (Lipinski definition) is 2. The number of benzene rings is 1. The normalized spacial score (nSPS) is 12.0. The number of aromatic nitrogens is 1. The molecule has 3 rings (SSSR count). The predicted octanol–water partition coefficient (Wildman–Crippen LogP) is 2.47. The number of rotatable bonds is 7. The van der Waals surface area contributed by atoms with Crippen molar-refractivity contribution < 1.29 is 26.7 Å². The largest absolute Gasteiger partial charge is 0.481 e. The minimum Gasteiger partial charge on any atom is -0.481 e. The van der Waals surface area contributed by atoms with Gasteiger partial charge in [0.05, 0.1) is 17.0 Å². The molecule has 0 fully saturated rings. The van der Waals surface area contributed by atoms with E-state index >= 15 is 0 Å². The Morgan fingerprint density at radius 3 is 2.37 bits per heavy atom. The Balaban J connectivity index is 1.85. The molecule has 0 saturated carbocycles. The third-order valence-corrected chi connectivity index (χ3v) is 9.36. The minimum absolute atomic E-state index is 0.00659. The fourth-order valence-electron chi connectivity index (χ4n) is 2.06. The number of sulfone groups is 1. The van der Waals surface area contributed by atoms with Crippen LogP contribution in [0, 0.1) is 0 Å². The standard InChI is InChI=1S/C15H12N2O6S4/c18-12(19)8-10-9-24-15(16-10)17-27(22,23)14-7-6-13(25-14)26(20,21)11-4-2-1-3-5-11/h1-7,9H,8H2,(H,16,17)(H,18,19). The summed E-state index contributed by atoms with van der Waals surface area (Å²) in [5.41, 5.74) is 0.226. The van der Waals surface area contributed by atoms with Crippen molar-refractivity contribution in [3.05, 3.63) is 53.5 Å². The lowest BCUT2D eigenvalue weighted by Crippen LogP contribution is -2.11. The Morgan fingerprint density at radius 1 is 1.04 bits per heavy atom. The van der Waals surface area contributed by atoms with Crippen molar-refractivity contribution in [2.75, 3.05) is 4.72 Å². The van der Waals surface area contributed by atoms with Crippen molar-refractivity contribution >= 4 is 53.6 Å². The molecule has 27 heavy (non-hydrogen) atoms. The van der Waals surface area contributed by atoms with Crippen LogP contribution in [-0.2, 0) is 31.1 Å². The van der Waals surface area contributed by atoms with Gasteiger partial charge >= 0.3 is 5.97 Å². The third-order valence-electron chi connectivity index (χ3n) is 3.25. The van der Waals surface area contributed by atoms with Gasteiger partial charge in [0, 0.05) is 5.38 Å². The van der Waals surface area contributed by atoms with E-state index in [0.717, 1.165) is 11.3 Å². The van der Waals surface area contributed by atoms with E-state index in [1.54, 1.807) is 18.2 Å². The van der Waals surface area contributed by atoms with E-state index in [-0.39, 0.29) is 30.6 Å². The molecule has 142 valence electrons. The number of anilines is 1. The van der Waals surface area contributed by atoms with Crippen molar-refractivity contribution in [3.8, 4) is 0 Å². The van der Waals surface area contributed by atoms with Crippen LogP contribution in [0.5, 0.6) is 0 Å². The first-order valence-electron chi connectivity index (χ1n) is 7.27. The Morgan fingerprint density at radius 2 is 1.70 bits per heavy atom. The molecule has 1 aromatic carbocycles. The second kappa shape index (κ2) is 7.38. The number of hydrogen-bond acceptors (Lipinski definition) is 8. The van der Waals surface area contributed by atoms with E-state index in [4.69, 9.17) is 5.11 Å². The SMILES string of the molecule is O=C(O)Cc1csc(NS(=O)(=O)c2ccc(S(=O)(=O)c3ccccc3)s2)n1. The van der Waals surface area contributed by atoms with E-state index in [0.29, 0.717) is 11.3 Å². The van der Waals surface area contributed by atoms with Gasteiger partial charge in [-0.3, -0.25) is 9.52 Å². The number of thiophene rings is 1. The summed E-state index contributed by atoms with van der Waals surface area (Å²) >= 11 is 1.57. The fraction of sp³-hybridized carbons (Fsp3) is 0.0667. The van der Waals surface area contributed by atoms with Crippen molar-refractivity contribution in [2.45, 2.75) is 19.7 Å². The zero-order valence-electron chi connectivity index (χ0n) is 13.4. The Labute approximate surface area is 163 Å². The lowest BCUT2D eigenvalue weighted by Gasteiger charge is -2.02. The van der Waals surface area contributed by atoms with Gasteiger partial charge in [0.2, 0.25) is 9.84 Å². The summed E-state index contributed by atoms with van der Waals surface area (Å²) in [5, 5.41) is 10.2. The molecule has 0 bridgehead atoms. The summed E-state index contributed by atoms with van der Waals surface area (Å²) in [5.74, 6) is -1.08. The van der Waals surface area contributed by atoms with Crippen LogP contribution < -0.4 is 4.72 Å². The molecular formula is C15H12N2O6S4. The first-order valence-corrected chi connectivity index (χ1v) is 11.9. The van der Waals surface area contributed by atoms with Gasteiger partial charge in [-0.05, 0) is 24.3 Å². The number of aliphatic carboxylic acids is 1. The second-order valence-electron chi connectivity index (χ2n) is 5.21. The van der Waals surface area contributed by atoms with Crippen LogP contribution in [0.15, 0.2) is 61.2 Å². The van der Waals surface area contributed by atoms with Gasteiger partial charge < -0.3 is 5.11 Å². The van der Waals surface area contributed by atoms with Crippen LogP contribution in [0.4, 0.5) is 5.13 Å². The number of nitrogens with zero attached hydrogens (tertiary/aromatic N) is 1. The summed E-state index contributed by atoms with van der Waals surface area (Å²) in [7, 11) is -7.86. The molecule has 0 saturated heterocycles. The minimum atomic E-state index is -4.05. The highest BCUT2D eigenvalue weighted by molar-refractivity contribution is 7.96. The molecule has 2 aromatic heterocycles. The molecule has 0 spiro atoms. The lowest BCUT2D eigenvalue weighted by atomic mass is 10.3. The van der Waals surface area contributed by atoms with Gasteiger partial charge in [-0.2, -0.15) is 0 Å². The predicted molar refractivity (Wildman–Crippen MR) is 100 cm³/mol. The molecule has 2 heterocycles. The highest BCUT2D eigenvalue weighted by Gasteiger charge is 2.25. The molecule has 2 N–H and O–H groups in total. The molecule has 0 atom stereocenters. The Bertz CT molecular complexity index is 1180. The van der Waals surface area contributed by atoms with Gasteiger partial charge in [0.1, 0.15) is 8.42 Å². The van der Waals surface area contributed by atoms with Crippen LogP contribution in [0.25, 0.3) is 0 Å². The maximum absolute atomic E-state index is 12.6. The number of sulfonamides is 1. The van der Waals surface area contributed by atoms with Crippen molar-refractivity contribution in [3.63, 3.8) is 0 Å². The van der Waals surface area contributed by atoms with Gasteiger partial charge in [0.25, 0.3) is 10.0 Å².